The molecule has 0 aromatic heterocycles. The van der Waals surface area contributed by atoms with E-state index in [2.05, 4.69) is 14.2 Å². The smallest absolute Gasteiger partial charge is 0.343 e. The van der Waals surface area contributed by atoms with Crippen LogP contribution >= 0.6 is 0 Å². The fraction of sp³-hybridized carbons (Fsp3) is 0. The van der Waals surface area contributed by atoms with Crippen molar-refractivity contribution in [2.45, 2.75) is 0 Å². The van der Waals surface area contributed by atoms with Crippen LogP contribution in [0.3, 0.4) is 0 Å². The molecule has 266 valence electrons. The van der Waals surface area contributed by atoms with E-state index in [0.29, 0.717) is 0 Å². The molecule has 5 nitrogen and oxygen atoms in total. The average Bonchev–Trinajstić information content (AvgIpc) is 3.12. The predicted molar refractivity (Wildman–Crippen MR) is 137 cm³/mol. The van der Waals surface area contributed by atoms with E-state index in [-0.39, 0.29) is 17.9 Å². The maximum atomic E-state index is 14.7. The highest BCUT2D eigenvalue weighted by Crippen LogP contribution is 2.49. The summed E-state index contributed by atoms with van der Waals surface area (Å²) in [4.78, 5) is 13.0. The second kappa shape index (κ2) is 13.7. The Hall–Kier alpha value is -6.08. The average molecular weight is 744 g/mol. The van der Waals surface area contributed by atoms with E-state index >= 15 is 0 Å². The lowest BCUT2D eigenvalue weighted by Gasteiger charge is -2.20. The molecular formula is C31H7F15O5. The van der Waals surface area contributed by atoms with Gasteiger partial charge in [0.2, 0.25) is 110 Å². The lowest BCUT2D eigenvalue weighted by molar-refractivity contribution is 0.0734. The molecular weight excluding hydrogens is 737 g/mol. The predicted octanol–water partition coefficient (Wildman–Crippen LogP) is 10.4. The number of rotatable bonds is 8. The summed E-state index contributed by atoms with van der Waals surface area (Å²) < 4.78 is 232. The fourth-order valence-electron chi connectivity index (χ4n) is 3.95. The van der Waals surface area contributed by atoms with Gasteiger partial charge in [0.1, 0.15) is 5.75 Å². The summed E-state index contributed by atoms with van der Waals surface area (Å²) >= 11 is 0. The molecule has 0 aliphatic carbocycles. The Kier molecular flexibility index (Phi) is 9.71. The molecule has 0 heterocycles. The summed E-state index contributed by atoms with van der Waals surface area (Å²) in [6, 6.07) is 6.58. The molecule has 0 saturated carbocycles. The van der Waals surface area contributed by atoms with E-state index < -0.39 is 133 Å². The van der Waals surface area contributed by atoms with E-state index in [1.54, 1.807) is 0 Å². The number of para-hydroxylation sites is 1. The van der Waals surface area contributed by atoms with E-state index in [4.69, 9.17) is 4.74 Å². The fourth-order valence-corrected chi connectivity index (χ4v) is 3.95. The SMILES string of the molecule is O=C(Oc1ccccc1)c1cc(Oc2c(F)c(F)c(F)c(F)c2F)c(Oc2c(F)c(F)c(F)c(F)c2F)c(Oc2c(F)c(F)c(F)c(F)c2F)c1. The van der Waals surface area contributed by atoms with Gasteiger partial charge < -0.3 is 18.9 Å². The van der Waals surface area contributed by atoms with Gasteiger partial charge in [0, 0.05) is 0 Å². The van der Waals surface area contributed by atoms with Gasteiger partial charge in [-0.05, 0) is 24.3 Å². The minimum atomic E-state index is -2.81. The molecule has 0 saturated heterocycles. The van der Waals surface area contributed by atoms with E-state index in [0.717, 1.165) is 12.1 Å². The van der Waals surface area contributed by atoms with Crippen LogP contribution in [0.2, 0.25) is 0 Å². The number of benzene rings is 5. The first-order valence-electron chi connectivity index (χ1n) is 13.0. The largest absolute Gasteiger partial charge is 0.447 e. The maximum Gasteiger partial charge on any atom is 0.343 e. The van der Waals surface area contributed by atoms with Crippen molar-refractivity contribution in [2.24, 2.45) is 0 Å². The van der Waals surface area contributed by atoms with Gasteiger partial charge in [-0.2, -0.15) is 26.3 Å². The number of hydrogen-bond acceptors (Lipinski definition) is 5. The van der Waals surface area contributed by atoms with Crippen LogP contribution in [-0.4, -0.2) is 5.97 Å². The molecule has 0 spiro atoms. The molecule has 0 aliphatic rings. The van der Waals surface area contributed by atoms with E-state index in [9.17, 15) is 70.7 Å². The molecule has 5 aromatic rings. The monoisotopic (exact) mass is 744 g/mol. The highest BCUT2D eigenvalue weighted by atomic mass is 19.2. The Morgan fingerprint density at radius 1 is 0.373 bits per heavy atom. The molecule has 20 heteroatoms. The van der Waals surface area contributed by atoms with Crippen molar-refractivity contribution in [2.75, 3.05) is 0 Å². The van der Waals surface area contributed by atoms with Crippen LogP contribution in [-0.2, 0) is 0 Å². The lowest BCUT2D eigenvalue weighted by atomic mass is 10.1. The minimum absolute atomic E-state index is 0.135. The molecule has 0 atom stereocenters. The highest BCUT2D eigenvalue weighted by Gasteiger charge is 2.34. The Morgan fingerprint density at radius 3 is 1.00 bits per heavy atom. The molecule has 0 aliphatic heterocycles. The quantitative estimate of drug-likeness (QED) is 0.0521. The second-order valence-electron chi connectivity index (χ2n) is 9.51. The maximum absolute atomic E-state index is 14.7. The van der Waals surface area contributed by atoms with Crippen LogP contribution in [0.1, 0.15) is 10.4 Å². The van der Waals surface area contributed by atoms with Crippen molar-refractivity contribution < 1.29 is 89.6 Å². The van der Waals surface area contributed by atoms with Crippen LogP contribution in [0.25, 0.3) is 0 Å². The zero-order valence-corrected chi connectivity index (χ0v) is 23.8. The standard InChI is InChI=1S/C31H7F15O5/c32-12-15(35)21(41)28(22(42)16(12)36)49-10-6-8(31(47)48-9-4-2-1-3-5-9)7-11(50-29-23(43)17(37)13(33)18(38)24(29)44)27(10)51-30-25(45)19(39)14(34)20(40)26(30)46/h1-7H. The molecule has 5 rings (SSSR count). The van der Waals surface area contributed by atoms with Crippen LogP contribution in [0.5, 0.6) is 40.2 Å². The first-order valence-corrected chi connectivity index (χ1v) is 13.0. The first kappa shape index (κ1) is 36.2. The second-order valence-corrected chi connectivity index (χ2v) is 9.51. The molecule has 0 unspecified atom stereocenters. The van der Waals surface area contributed by atoms with Crippen molar-refractivity contribution in [1.82, 2.24) is 0 Å². The van der Waals surface area contributed by atoms with E-state index in [1.807, 2.05) is 0 Å². The number of ether oxygens (including phenoxy) is 4. The van der Waals surface area contributed by atoms with Gasteiger partial charge in [-0.15, -0.1) is 0 Å². The van der Waals surface area contributed by atoms with Gasteiger partial charge in [-0.25, -0.2) is 44.3 Å². The normalized spacial score (nSPS) is 11.1. The molecule has 0 fully saturated rings. The summed E-state index contributed by atoms with van der Waals surface area (Å²) in [6.45, 7) is 0. The van der Waals surface area contributed by atoms with E-state index in [1.165, 1.54) is 18.2 Å². The van der Waals surface area contributed by atoms with Crippen LogP contribution in [0.4, 0.5) is 65.9 Å². The van der Waals surface area contributed by atoms with Crippen molar-refractivity contribution >= 4 is 5.97 Å². The molecule has 0 amide bonds. The Morgan fingerprint density at radius 2 is 0.667 bits per heavy atom. The van der Waals surface area contributed by atoms with Crippen molar-refractivity contribution in [3.8, 4) is 40.2 Å². The number of carbonyl (C=O) groups is 1. The Labute approximate surface area is 271 Å². The molecule has 0 N–H and O–H groups in total. The molecule has 51 heavy (non-hydrogen) atoms. The number of hydrogen-bond donors (Lipinski definition) is 0. The highest BCUT2D eigenvalue weighted by molar-refractivity contribution is 5.93. The lowest BCUT2D eigenvalue weighted by Crippen LogP contribution is -2.11. The molecule has 0 bridgehead atoms. The Bertz CT molecular complexity index is 2070. The number of esters is 1. The zero-order chi connectivity index (χ0) is 37.6. The first-order chi connectivity index (χ1) is 24.0. The summed E-state index contributed by atoms with van der Waals surface area (Å²) in [6.07, 6.45) is 0. The summed E-state index contributed by atoms with van der Waals surface area (Å²) in [5, 5.41) is 0. The molecule has 5 aromatic carbocycles. The summed E-state index contributed by atoms with van der Waals surface area (Å²) in [5.41, 5.74) is -1.14. The minimum Gasteiger partial charge on any atom is -0.447 e. The Balaban J connectivity index is 1.84. The molecule has 0 radical (unpaired) electrons. The third-order valence-electron chi connectivity index (χ3n) is 6.35. The zero-order valence-electron chi connectivity index (χ0n) is 23.8. The van der Waals surface area contributed by atoms with Crippen molar-refractivity contribution in [3.63, 3.8) is 0 Å². The van der Waals surface area contributed by atoms with Gasteiger partial charge >= 0.3 is 5.97 Å². The van der Waals surface area contributed by atoms with Gasteiger partial charge in [0.05, 0.1) is 5.56 Å². The van der Waals surface area contributed by atoms with Gasteiger partial charge in [0.15, 0.2) is 11.5 Å². The third-order valence-corrected chi connectivity index (χ3v) is 6.35. The van der Waals surface area contributed by atoms with Crippen LogP contribution < -0.4 is 18.9 Å². The van der Waals surface area contributed by atoms with Gasteiger partial charge in [-0.1, -0.05) is 18.2 Å². The summed E-state index contributed by atoms with van der Waals surface area (Å²) in [7, 11) is 0. The van der Waals surface area contributed by atoms with Crippen LogP contribution in [0.15, 0.2) is 42.5 Å². The van der Waals surface area contributed by atoms with Crippen molar-refractivity contribution in [3.05, 3.63) is 135 Å². The third kappa shape index (κ3) is 6.39. The van der Waals surface area contributed by atoms with Gasteiger partial charge in [-0.3, -0.25) is 0 Å². The van der Waals surface area contributed by atoms with Crippen LogP contribution in [0, 0.1) is 87.3 Å². The van der Waals surface area contributed by atoms with Crippen molar-refractivity contribution in [1.29, 1.82) is 0 Å². The summed E-state index contributed by atoms with van der Waals surface area (Å²) in [5.74, 6) is -55.8. The number of carbonyl (C=O) groups excluding carboxylic acids is 1. The van der Waals surface area contributed by atoms with Gasteiger partial charge in [0.25, 0.3) is 0 Å². The topological polar surface area (TPSA) is 54.0 Å². The number of halogens is 15.